The molecule has 0 radical (unpaired) electrons. The number of carbonyl (C=O) groups is 1. The van der Waals surface area contributed by atoms with Gasteiger partial charge in [-0.25, -0.2) is 0 Å². The van der Waals surface area contributed by atoms with Gasteiger partial charge >= 0.3 is 0 Å². The third kappa shape index (κ3) is 1.90. The van der Waals surface area contributed by atoms with Crippen LogP contribution in [0.3, 0.4) is 0 Å². The molecule has 4 unspecified atom stereocenters. The summed E-state index contributed by atoms with van der Waals surface area (Å²) in [6.45, 7) is 9.45. The molecule has 1 saturated carbocycles. The highest BCUT2D eigenvalue weighted by molar-refractivity contribution is 5.97. The number of fused-ring (bicyclic) bond motifs is 4. The standard InChI is InChI=1S/C21H26O5/c1-12-10-14(22)13-11-15-19(4,26-17(13)25-12)8-9-21(24)18(2,3)7-6-16(23)20(15,21)5/h6-7,10,15,24H,8-9,11H2,1-5H3. The fourth-order valence-corrected chi connectivity index (χ4v) is 5.56. The summed E-state index contributed by atoms with van der Waals surface area (Å²) in [4.78, 5) is 25.6. The highest BCUT2D eigenvalue weighted by Crippen LogP contribution is 2.63. The Kier molecular flexibility index (Phi) is 3.29. The van der Waals surface area contributed by atoms with Crippen molar-refractivity contribution in [3.05, 3.63) is 39.8 Å². The van der Waals surface area contributed by atoms with Gasteiger partial charge in [0, 0.05) is 17.4 Å². The van der Waals surface area contributed by atoms with Gasteiger partial charge in [0.15, 0.2) is 11.2 Å². The Labute approximate surface area is 153 Å². The van der Waals surface area contributed by atoms with Crippen LogP contribution in [0.1, 0.15) is 51.9 Å². The second kappa shape index (κ2) is 4.89. The van der Waals surface area contributed by atoms with Crippen LogP contribution in [0.4, 0.5) is 0 Å². The summed E-state index contributed by atoms with van der Waals surface area (Å²) < 4.78 is 11.9. The largest absolute Gasteiger partial charge is 0.458 e. The molecule has 0 spiro atoms. The van der Waals surface area contributed by atoms with Gasteiger partial charge in [-0.2, -0.15) is 0 Å². The zero-order valence-corrected chi connectivity index (χ0v) is 16.0. The molecule has 1 fully saturated rings. The Balaban J connectivity index is 1.93. The summed E-state index contributed by atoms with van der Waals surface area (Å²) >= 11 is 0. The van der Waals surface area contributed by atoms with E-state index in [9.17, 15) is 14.7 Å². The Hall–Kier alpha value is -1.88. The van der Waals surface area contributed by atoms with Crippen molar-refractivity contribution in [2.75, 3.05) is 0 Å². The maximum absolute atomic E-state index is 13.1. The molecule has 4 atom stereocenters. The Bertz CT molecular complexity index is 894. The molecule has 2 aliphatic carbocycles. The number of allylic oxidation sites excluding steroid dienone is 1. The number of ketones is 1. The topological polar surface area (TPSA) is 76.7 Å². The second-order valence-electron chi connectivity index (χ2n) is 9.14. The molecule has 1 aromatic heterocycles. The predicted octanol–water partition coefficient (Wildman–Crippen LogP) is 2.95. The van der Waals surface area contributed by atoms with Gasteiger partial charge < -0.3 is 14.3 Å². The van der Waals surface area contributed by atoms with E-state index in [1.807, 2.05) is 33.8 Å². The van der Waals surface area contributed by atoms with Crippen molar-refractivity contribution in [2.45, 2.75) is 65.1 Å². The zero-order valence-electron chi connectivity index (χ0n) is 16.0. The van der Waals surface area contributed by atoms with E-state index < -0.39 is 22.0 Å². The first kappa shape index (κ1) is 17.5. The van der Waals surface area contributed by atoms with E-state index in [4.69, 9.17) is 9.15 Å². The molecule has 2 heterocycles. The summed E-state index contributed by atoms with van der Waals surface area (Å²) in [5.74, 6) is 0.357. The Morgan fingerprint density at radius 3 is 2.54 bits per heavy atom. The van der Waals surface area contributed by atoms with E-state index in [0.29, 0.717) is 30.6 Å². The zero-order chi connectivity index (χ0) is 19.1. The minimum absolute atomic E-state index is 0.0983. The number of hydrogen-bond acceptors (Lipinski definition) is 5. The summed E-state index contributed by atoms with van der Waals surface area (Å²) in [5, 5.41) is 11.7. The van der Waals surface area contributed by atoms with Crippen LogP contribution in [0.15, 0.2) is 27.4 Å². The molecule has 4 rings (SSSR count). The van der Waals surface area contributed by atoms with Crippen molar-refractivity contribution >= 4 is 5.78 Å². The van der Waals surface area contributed by atoms with Gasteiger partial charge in [-0.1, -0.05) is 19.9 Å². The third-order valence-corrected chi connectivity index (χ3v) is 7.37. The van der Waals surface area contributed by atoms with E-state index in [2.05, 4.69) is 0 Å². The van der Waals surface area contributed by atoms with Crippen LogP contribution < -0.4 is 10.2 Å². The Morgan fingerprint density at radius 2 is 1.85 bits per heavy atom. The first-order valence-electron chi connectivity index (χ1n) is 9.23. The van der Waals surface area contributed by atoms with Crippen LogP contribution in [0, 0.1) is 23.7 Å². The molecular weight excluding hydrogens is 332 g/mol. The van der Waals surface area contributed by atoms with Crippen LogP contribution in [-0.4, -0.2) is 22.1 Å². The van der Waals surface area contributed by atoms with Crippen molar-refractivity contribution in [2.24, 2.45) is 16.7 Å². The van der Waals surface area contributed by atoms with E-state index in [1.165, 1.54) is 6.07 Å². The lowest BCUT2D eigenvalue weighted by molar-refractivity contribution is -0.233. The summed E-state index contributed by atoms with van der Waals surface area (Å²) in [5.41, 5.74) is -3.12. The van der Waals surface area contributed by atoms with Gasteiger partial charge in [-0.15, -0.1) is 0 Å². The summed E-state index contributed by atoms with van der Waals surface area (Å²) in [7, 11) is 0. The molecule has 0 saturated heterocycles. The molecule has 1 N–H and O–H groups in total. The van der Waals surface area contributed by atoms with Crippen LogP contribution >= 0.6 is 0 Å². The van der Waals surface area contributed by atoms with Crippen molar-refractivity contribution in [3.63, 3.8) is 0 Å². The van der Waals surface area contributed by atoms with E-state index in [-0.39, 0.29) is 23.1 Å². The Morgan fingerprint density at radius 1 is 1.15 bits per heavy atom. The molecule has 26 heavy (non-hydrogen) atoms. The minimum Gasteiger partial charge on any atom is -0.458 e. The molecule has 140 valence electrons. The number of hydrogen-bond donors (Lipinski definition) is 1. The molecule has 5 nitrogen and oxygen atoms in total. The van der Waals surface area contributed by atoms with Crippen LogP contribution in [-0.2, 0) is 11.2 Å². The summed E-state index contributed by atoms with van der Waals surface area (Å²) in [6.07, 6.45) is 4.81. The van der Waals surface area contributed by atoms with Gasteiger partial charge in [0.2, 0.25) is 0 Å². The molecule has 0 aromatic carbocycles. The van der Waals surface area contributed by atoms with Gasteiger partial charge in [0.05, 0.1) is 16.6 Å². The average Bonchev–Trinajstić information content (AvgIpc) is 2.54. The maximum atomic E-state index is 13.1. The van der Waals surface area contributed by atoms with E-state index >= 15 is 0 Å². The number of rotatable bonds is 0. The maximum Gasteiger partial charge on any atom is 0.292 e. The number of aliphatic hydroxyl groups is 1. The smallest absolute Gasteiger partial charge is 0.292 e. The molecule has 1 aliphatic heterocycles. The van der Waals surface area contributed by atoms with Gasteiger partial charge in [-0.3, -0.25) is 9.59 Å². The number of aryl methyl sites for hydroxylation is 1. The van der Waals surface area contributed by atoms with Gasteiger partial charge in [0.25, 0.3) is 5.95 Å². The molecule has 5 heteroatoms. The highest BCUT2D eigenvalue weighted by atomic mass is 16.6. The number of ether oxygens (including phenoxy) is 1. The fraction of sp³-hybridized carbons (Fsp3) is 0.619. The SMILES string of the molecule is Cc1cc(=O)c2c(o1)OC1(C)CCC3(O)C(C)(C)C=CC(=O)C3(C)C1C2. The lowest BCUT2D eigenvalue weighted by Gasteiger charge is -2.64. The minimum atomic E-state index is -1.19. The molecular formula is C21H26O5. The lowest BCUT2D eigenvalue weighted by atomic mass is 9.43. The first-order valence-corrected chi connectivity index (χ1v) is 9.23. The van der Waals surface area contributed by atoms with Crippen LogP contribution in [0.25, 0.3) is 0 Å². The van der Waals surface area contributed by atoms with Gasteiger partial charge in [0.1, 0.15) is 11.4 Å². The normalized spacial score (nSPS) is 40.2. The second-order valence-corrected chi connectivity index (χ2v) is 9.14. The van der Waals surface area contributed by atoms with Crippen LogP contribution in [0.2, 0.25) is 0 Å². The first-order chi connectivity index (χ1) is 11.9. The van der Waals surface area contributed by atoms with Crippen molar-refractivity contribution in [1.82, 2.24) is 0 Å². The van der Waals surface area contributed by atoms with Crippen molar-refractivity contribution in [3.8, 4) is 5.95 Å². The molecule has 0 bridgehead atoms. The average molecular weight is 358 g/mol. The van der Waals surface area contributed by atoms with Gasteiger partial charge in [-0.05, 0) is 46.1 Å². The fourth-order valence-electron chi connectivity index (χ4n) is 5.56. The van der Waals surface area contributed by atoms with Crippen LogP contribution in [0.5, 0.6) is 5.95 Å². The molecule has 1 aromatic rings. The van der Waals surface area contributed by atoms with Crippen molar-refractivity contribution < 1.29 is 19.1 Å². The van der Waals surface area contributed by atoms with E-state index in [0.717, 1.165) is 0 Å². The lowest BCUT2D eigenvalue weighted by Crippen LogP contribution is -2.72. The monoisotopic (exact) mass is 358 g/mol. The quantitative estimate of drug-likeness (QED) is 0.772. The highest BCUT2D eigenvalue weighted by Gasteiger charge is 2.70. The number of carbonyl (C=O) groups excluding carboxylic acids is 1. The third-order valence-electron chi connectivity index (χ3n) is 7.37. The summed E-state index contributed by atoms with van der Waals surface area (Å²) in [6, 6.07) is 1.45. The predicted molar refractivity (Wildman–Crippen MR) is 96.2 cm³/mol. The van der Waals surface area contributed by atoms with E-state index in [1.54, 1.807) is 13.0 Å². The van der Waals surface area contributed by atoms with Crippen molar-refractivity contribution in [1.29, 1.82) is 0 Å². The molecule has 3 aliphatic rings. The molecule has 0 amide bonds.